The number of nitrogens with zero attached hydrogens (tertiary/aromatic N) is 2. The molecular weight excluding hydrogens is 230 g/mol. The maximum Gasteiger partial charge on any atom is 0.119 e. The van der Waals surface area contributed by atoms with Gasteiger partial charge in [-0.05, 0) is 18.1 Å². The van der Waals surface area contributed by atoms with Crippen molar-refractivity contribution in [2.45, 2.75) is 29.3 Å². The third-order valence-electron chi connectivity index (χ3n) is 2.51. The first kappa shape index (κ1) is 12.1. The van der Waals surface area contributed by atoms with Gasteiger partial charge in [0.2, 0.25) is 0 Å². The van der Waals surface area contributed by atoms with Crippen molar-refractivity contribution in [3.63, 3.8) is 0 Å². The van der Waals surface area contributed by atoms with Gasteiger partial charge < -0.3 is 5.73 Å². The van der Waals surface area contributed by atoms with Crippen LogP contribution in [0.25, 0.3) is 0 Å². The van der Waals surface area contributed by atoms with E-state index in [-0.39, 0.29) is 6.04 Å². The SMILES string of the molecule is CC[C@@H](N)c1ccccc1Sc1cnccn1. The van der Waals surface area contributed by atoms with Crippen LogP contribution >= 0.6 is 11.8 Å². The Hall–Kier alpha value is -1.39. The molecule has 0 fully saturated rings. The van der Waals surface area contributed by atoms with Crippen LogP contribution in [0.3, 0.4) is 0 Å². The molecule has 2 N–H and O–H groups in total. The lowest BCUT2D eigenvalue weighted by atomic mass is 10.1. The molecule has 0 unspecified atom stereocenters. The Morgan fingerprint density at radius 2 is 2.12 bits per heavy atom. The summed E-state index contributed by atoms with van der Waals surface area (Å²) in [6.45, 7) is 2.09. The molecule has 0 saturated carbocycles. The van der Waals surface area contributed by atoms with E-state index >= 15 is 0 Å². The molecule has 0 bridgehead atoms. The van der Waals surface area contributed by atoms with E-state index in [0.717, 1.165) is 16.3 Å². The Balaban J connectivity index is 2.27. The van der Waals surface area contributed by atoms with E-state index in [2.05, 4.69) is 29.0 Å². The molecule has 0 amide bonds. The van der Waals surface area contributed by atoms with Crippen molar-refractivity contribution < 1.29 is 0 Å². The van der Waals surface area contributed by atoms with Crippen LogP contribution in [0.2, 0.25) is 0 Å². The van der Waals surface area contributed by atoms with E-state index in [1.54, 1.807) is 30.4 Å². The molecule has 0 aliphatic carbocycles. The minimum Gasteiger partial charge on any atom is -0.324 e. The molecular formula is C13H15N3S. The summed E-state index contributed by atoms with van der Waals surface area (Å²) in [4.78, 5) is 9.48. The number of rotatable bonds is 4. The second-order valence-corrected chi connectivity index (χ2v) is 4.76. The zero-order valence-corrected chi connectivity index (χ0v) is 10.5. The summed E-state index contributed by atoms with van der Waals surface area (Å²) in [6.07, 6.45) is 6.06. The monoisotopic (exact) mass is 245 g/mol. The molecule has 3 nitrogen and oxygen atoms in total. The predicted molar refractivity (Wildman–Crippen MR) is 69.8 cm³/mol. The highest BCUT2D eigenvalue weighted by molar-refractivity contribution is 7.99. The van der Waals surface area contributed by atoms with Gasteiger partial charge in [-0.25, -0.2) is 4.98 Å². The van der Waals surface area contributed by atoms with Gasteiger partial charge in [-0.2, -0.15) is 0 Å². The highest BCUT2D eigenvalue weighted by Crippen LogP contribution is 2.31. The highest BCUT2D eigenvalue weighted by atomic mass is 32.2. The van der Waals surface area contributed by atoms with E-state index in [1.165, 1.54) is 5.56 Å². The maximum atomic E-state index is 6.10. The lowest BCUT2D eigenvalue weighted by molar-refractivity contribution is 0.685. The molecule has 2 rings (SSSR count). The molecule has 0 aliphatic rings. The number of benzene rings is 1. The zero-order valence-electron chi connectivity index (χ0n) is 9.71. The lowest BCUT2D eigenvalue weighted by Gasteiger charge is -2.13. The van der Waals surface area contributed by atoms with Crippen molar-refractivity contribution in [1.29, 1.82) is 0 Å². The summed E-state index contributed by atoms with van der Waals surface area (Å²) < 4.78 is 0. The van der Waals surface area contributed by atoms with Gasteiger partial charge in [-0.1, -0.05) is 36.9 Å². The van der Waals surface area contributed by atoms with E-state index in [1.807, 2.05) is 12.1 Å². The second-order valence-electron chi connectivity index (χ2n) is 3.70. The number of hydrogen-bond acceptors (Lipinski definition) is 4. The van der Waals surface area contributed by atoms with E-state index < -0.39 is 0 Å². The average molecular weight is 245 g/mol. The number of nitrogens with two attached hydrogens (primary N) is 1. The average Bonchev–Trinajstić information content (AvgIpc) is 2.40. The molecule has 0 spiro atoms. The third-order valence-corrected chi connectivity index (χ3v) is 3.52. The Morgan fingerprint density at radius 1 is 1.29 bits per heavy atom. The Kier molecular flexibility index (Phi) is 4.12. The Labute approximate surface area is 105 Å². The first-order valence-electron chi connectivity index (χ1n) is 5.59. The van der Waals surface area contributed by atoms with Gasteiger partial charge in [0.15, 0.2) is 0 Å². The molecule has 88 valence electrons. The summed E-state index contributed by atoms with van der Waals surface area (Å²) in [5.41, 5.74) is 7.27. The lowest BCUT2D eigenvalue weighted by Crippen LogP contribution is -2.09. The van der Waals surface area contributed by atoms with Crippen molar-refractivity contribution in [2.24, 2.45) is 5.73 Å². The molecule has 1 heterocycles. The number of aromatic nitrogens is 2. The van der Waals surface area contributed by atoms with Gasteiger partial charge in [-0.3, -0.25) is 4.98 Å². The molecule has 0 radical (unpaired) electrons. The van der Waals surface area contributed by atoms with E-state index in [4.69, 9.17) is 5.73 Å². The summed E-state index contributed by atoms with van der Waals surface area (Å²) in [5.74, 6) is 0. The maximum absolute atomic E-state index is 6.10. The summed E-state index contributed by atoms with van der Waals surface area (Å²) in [5, 5.41) is 0.892. The van der Waals surface area contributed by atoms with E-state index in [0.29, 0.717) is 0 Å². The van der Waals surface area contributed by atoms with Crippen molar-refractivity contribution in [1.82, 2.24) is 9.97 Å². The van der Waals surface area contributed by atoms with Gasteiger partial charge in [0.05, 0.1) is 6.20 Å². The van der Waals surface area contributed by atoms with Crippen LogP contribution in [0.1, 0.15) is 24.9 Å². The summed E-state index contributed by atoms with van der Waals surface area (Å²) >= 11 is 1.60. The Bertz CT molecular complexity index is 473. The van der Waals surface area contributed by atoms with Crippen LogP contribution in [-0.4, -0.2) is 9.97 Å². The van der Waals surface area contributed by atoms with E-state index in [9.17, 15) is 0 Å². The van der Waals surface area contributed by atoms with Crippen molar-refractivity contribution in [3.05, 3.63) is 48.4 Å². The normalized spacial score (nSPS) is 12.4. The second kappa shape index (κ2) is 5.80. The first-order chi connectivity index (χ1) is 8.31. The van der Waals surface area contributed by atoms with Crippen molar-refractivity contribution in [2.75, 3.05) is 0 Å². The van der Waals surface area contributed by atoms with Crippen LogP contribution in [0.4, 0.5) is 0 Å². The fourth-order valence-corrected chi connectivity index (χ4v) is 2.49. The van der Waals surface area contributed by atoms with Crippen molar-refractivity contribution in [3.8, 4) is 0 Å². The molecule has 0 saturated heterocycles. The van der Waals surface area contributed by atoms with Crippen LogP contribution in [-0.2, 0) is 0 Å². The van der Waals surface area contributed by atoms with Gasteiger partial charge in [-0.15, -0.1) is 0 Å². The minimum atomic E-state index is 0.0790. The van der Waals surface area contributed by atoms with Gasteiger partial charge in [0.25, 0.3) is 0 Å². The quantitative estimate of drug-likeness (QED) is 0.899. The topological polar surface area (TPSA) is 51.8 Å². The Morgan fingerprint density at radius 3 is 2.82 bits per heavy atom. The molecule has 4 heteroatoms. The molecule has 1 aromatic heterocycles. The molecule has 1 atom stereocenters. The smallest absolute Gasteiger partial charge is 0.119 e. The van der Waals surface area contributed by atoms with Gasteiger partial charge in [0.1, 0.15) is 5.03 Å². The summed E-state index contributed by atoms with van der Waals surface area (Å²) in [7, 11) is 0. The summed E-state index contributed by atoms with van der Waals surface area (Å²) in [6, 6.07) is 8.27. The number of hydrogen-bond donors (Lipinski definition) is 1. The standard InChI is InChI=1S/C13H15N3S/c1-2-11(14)10-5-3-4-6-12(10)17-13-9-15-7-8-16-13/h3-9,11H,2,14H2,1H3/t11-/m1/s1. The molecule has 1 aromatic carbocycles. The molecule has 0 aliphatic heterocycles. The highest BCUT2D eigenvalue weighted by Gasteiger charge is 2.10. The molecule has 2 aromatic rings. The van der Waals surface area contributed by atoms with Crippen LogP contribution in [0.5, 0.6) is 0 Å². The van der Waals surface area contributed by atoms with Gasteiger partial charge >= 0.3 is 0 Å². The van der Waals surface area contributed by atoms with Crippen LogP contribution < -0.4 is 5.73 Å². The zero-order chi connectivity index (χ0) is 12.1. The molecule has 17 heavy (non-hydrogen) atoms. The predicted octanol–water partition coefficient (Wildman–Crippen LogP) is 3.04. The van der Waals surface area contributed by atoms with Crippen molar-refractivity contribution >= 4 is 11.8 Å². The fourth-order valence-electron chi connectivity index (χ4n) is 1.55. The third kappa shape index (κ3) is 3.05. The minimum absolute atomic E-state index is 0.0790. The van der Waals surface area contributed by atoms with Gasteiger partial charge in [0, 0.05) is 23.3 Å². The van der Waals surface area contributed by atoms with Crippen LogP contribution in [0, 0.1) is 0 Å². The largest absolute Gasteiger partial charge is 0.324 e. The first-order valence-corrected chi connectivity index (χ1v) is 6.41. The van der Waals surface area contributed by atoms with Crippen LogP contribution in [0.15, 0.2) is 52.8 Å². The fraction of sp³-hybridized carbons (Fsp3) is 0.231.